The van der Waals surface area contributed by atoms with E-state index in [1.54, 1.807) is 18.2 Å². The number of hydrogen-bond acceptors (Lipinski definition) is 4. The topological polar surface area (TPSA) is 76.3 Å². The minimum absolute atomic E-state index is 0.0237. The molecular formula is C25H23F2N3O3. The molecule has 1 aromatic heterocycles. The van der Waals surface area contributed by atoms with Crippen molar-refractivity contribution >= 4 is 22.7 Å². The van der Waals surface area contributed by atoms with E-state index >= 15 is 0 Å². The number of alkyl halides is 2. The van der Waals surface area contributed by atoms with Crippen LogP contribution in [-0.4, -0.2) is 23.9 Å². The molecule has 1 N–H and O–H groups in total. The zero-order chi connectivity index (χ0) is 22.9. The molecule has 33 heavy (non-hydrogen) atoms. The largest absolute Gasteiger partial charge is 0.449 e. The minimum Gasteiger partial charge on any atom is -0.449 e. The molecule has 3 aromatic rings. The zero-order valence-corrected chi connectivity index (χ0v) is 17.9. The van der Waals surface area contributed by atoms with E-state index in [0.717, 1.165) is 48.9 Å². The maximum absolute atomic E-state index is 12.7. The van der Waals surface area contributed by atoms with E-state index in [1.165, 1.54) is 12.1 Å². The molecule has 2 aromatic carbocycles. The van der Waals surface area contributed by atoms with E-state index in [2.05, 4.69) is 20.7 Å². The molecule has 0 bridgehead atoms. The van der Waals surface area contributed by atoms with Gasteiger partial charge in [0.15, 0.2) is 0 Å². The predicted molar refractivity (Wildman–Crippen MR) is 119 cm³/mol. The quantitative estimate of drug-likeness (QED) is 0.447. The number of ether oxygens (including phenoxy) is 2. The predicted octanol–water partition coefficient (Wildman–Crippen LogP) is 6.46. The van der Waals surface area contributed by atoms with Crippen molar-refractivity contribution in [1.82, 2.24) is 4.57 Å². The summed E-state index contributed by atoms with van der Waals surface area (Å²) in [6.07, 6.45) is 4.81. The Morgan fingerprint density at radius 3 is 2.52 bits per heavy atom. The van der Waals surface area contributed by atoms with Gasteiger partial charge in [0, 0.05) is 17.1 Å². The highest BCUT2D eigenvalue weighted by atomic mass is 19.3. The van der Waals surface area contributed by atoms with Crippen LogP contribution in [0.2, 0.25) is 0 Å². The van der Waals surface area contributed by atoms with Crippen molar-refractivity contribution < 1.29 is 23.0 Å². The molecule has 0 unspecified atom stereocenters. The first-order valence-electron chi connectivity index (χ1n) is 11.1. The first-order chi connectivity index (χ1) is 16.0. The van der Waals surface area contributed by atoms with Crippen LogP contribution in [0, 0.1) is 17.2 Å². The number of rotatable bonds is 7. The normalized spacial score (nSPS) is 15.8. The van der Waals surface area contributed by atoms with Gasteiger partial charge in [-0.1, -0.05) is 12.1 Å². The van der Waals surface area contributed by atoms with Crippen molar-refractivity contribution in [3.8, 4) is 23.1 Å². The molecule has 2 fully saturated rings. The smallest absolute Gasteiger partial charge is 0.411 e. The first-order valence-corrected chi connectivity index (χ1v) is 11.1. The third kappa shape index (κ3) is 4.36. The number of benzene rings is 2. The molecule has 2 aliphatic rings. The van der Waals surface area contributed by atoms with Crippen LogP contribution in [-0.2, 0) is 4.74 Å². The Balaban J connectivity index is 1.49. The van der Waals surface area contributed by atoms with E-state index in [0.29, 0.717) is 29.2 Å². The lowest BCUT2D eigenvalue weighted by atomic mass is 9.92. The second-order valence-electron chi connectivity index (χ2n) is 8.59. The molecule has 0 spiro atoms. The second-order valence-corrected chi connectivity index (χ2v) is 8.59. The standard InChI is InChI=1S/C25H23F2N3O3/c26-24(27)33-19-10-11-22-20(12-19)21(13-28)23(30(22)18-2-1-3-18)16-6-8-17(9-7-16)29-25(31)32-14-15-4-5-15/h6-12,15,18,24H,1-5,14H2,(H,29,31). The Morgan fingerprint density at radius 2 is 1.91 bits per heavy atom. The summed E-state index contributed by atoms with van der Waals surface area (Å²) >= 11 is 0. The Morgan fingerprint density at radius 1 is 1.15 bits per heavy atom. The summed E-state index contributed by atoms with van der Waals surface area (Å²) in [7, 11) is 0. The Hall–Kier alpha value is -3.60. The van der Waals surface area contributed by atoms with Crippen LogP contribution in [0.4, 0.5) is 19.3 Å². The molecule has 8 heteroatoms. The van der Waals surface area contributed by atoms with Crippen molar-refractivity contribution in [2.24, 2.45) is 5.92 Å². The van der Waals surface area contributed by atoms with Gasteiger partial charge in [0.25, 0.3) is 0 Å². The highest BCUT2D eigenvalue weighted by Crippen LogP contribution is 2.43. The van der Waals surface area contributed by atoms with Crippen LogP contribution in [0.15, 0.2) is 42.5 Å². The number of halogens is 2. The number of anilines is 1. The van der Waals surface area contributed by atoms with Gasteiger partial charge in [0.2, 0.25) is 0 Å². The van der Waals surface area contributed by atoms with Crippen LogP contribution in [0.5, 0.6) is 5.75 Å². The maximum atomic E-state index is 12.7. The van der Waals surface area contributed by atoms with Gasteiger partial charge < -0.3 is 14.0 Å². The van der Waals surface area contributed by atoms with E-state index in [-0.39, 0.29) is 11.8 Å². The molecule has 1 amide bonds. The fourth-order valence-electron chi connectivity index (χ4n) is 4.23. The van der Waals surface area contributed by atoms with Crippen molar-refractivity contribution in [3.05, 3.63) is 48.0 Å². The summed E-state index contributed by atoms with van der Waals surface area (Å²) < 4.78 is 37.4. The number of aromatic nitrogens is 1. The highest BCUT2D eigenvalue weighted by Gasteiger charge is 2.28. The van der Waals surface area contributed by atoms with E-state index in [9.17, 15) is 18.8 Å². The van der Waals surface area contributed by atoms with Gasteiger partial charge in [-0.3, -0.25) is 5.32 Å². The number of hydrogen-bond donors (Lipinski definition) is 1. The highest BCUT2D eigenvalue weighted by molar-refractivity contribution is 5.96. The van der Waals surface area contributed by atoms with E-state index < -0.39 is 12.7 Å². The zero-order valence-electron chi connectivity index (χ0n) is 17.9. The maximum Gasteiger partial charge on any atom is 0.411 e. The molecule has 6 nitrogen and oxygen atoms in total. The molecule has 0 aliphatic heterocycles. The number of nitrogens with one attached hydrogen (secondary N) is 1. The van der Waals surface area contributed by atoms with E-state index in [1.807, 2.05) is 12.1 Å². The van der Waals surface area contributed by atoms with Gasteiger partial charge in [-0.2, -0.15) is 14.0 Å². The van der Waals surface area contributed by atoms with Crippen molar-refractivity contribution in [2.75, 3.05) is 11.9 Å². The van der Waals surface area contributed by atoms with Crippen LogP contribution in [0.25, 0.3) is 22.2 Å². The average Bonchev–Trinajstić information content (AvgIpc) is 3.54. The Labute approximate surface area is 189 Å². The van der Waals surface area contributed by atoms with Gasteiger partial charge in [-0.05, 0) is 73.9 Å². The molecule has 170 valence electrons. The number of amides is 1. The Kier molecular flexibility index (Phi) is 5.63. The fourth-order valence-corrected chi connectivity index (χ4v) is 4.23. The lowest BCUT2D eigenvalue weighted by molar-refractivity contribution is -0.0497. The summed E-state index contributed by atoms with van der Waals surface area (Å²) in [6.45, 7) is -2.49. The molecule has 2 saturated carbocycles. The van der Waals surface area contributed by atoms with Crippen LogP contribution in [0.3, 0.4) is 0 Å². The van der Waals surface area contributed by atoms with Gasteiger partial charge in [-0.25, -0.2) is 4.79 Å². The van der Waals surface area contributed by atoms with Gasteiger partial charge >= 0.3 is 12.7 Å². The third-order valence-electron chi connectivity index (χ3n) is 6.30. The monoisotopic (exact) mass is 451 g/mol. The number of nitrogens with zero attached hydrogens (tertiary/aromatic N) is 2. The SMILES string of the molecule is N#Cc1c(-c2ccc(NC(=O)OCC3CC3)cc2)n(C2CCC2)c2ccc(OC(F)F)cc12. The number of carbonyl (C=O) groups excluding carboxylic acids is 1. The minimum atomic E-state index is -2.93. The molecule has 0 atom stereocenters. The van der Waals surface area contributed by atoms with Gasteiger partial charge in [0.05, 0.1) is 23.4 Å². The Bertz CT molecular complexity index is 1220. The summed E-state index contributed by atoms with van der Waals surface area (Å²) in [5.74, 6) is 0.512. The van der Waals surface area contributed by atoms with Crippen LogP contribution in [0.1, 0.15) is 43.7 Å². The number of carbonyl (C=O) groups is 1. The number of fused-ring (bicyclic) bond motifs is 1. The van der Waals surface area contributed by atoms with Gasteiger partial charge in [-0.15, -0.1) is 0 Å². The molecular weight excluding hydrogens is 428 g/mol. The summed E-state index contributed by atoms with van der Waals surface area (Å²) in [4.78, 5) is 12.0. The molecule has 2 aliphatic carbocycles. The molecule has 5 rings (SSSR count). The van der Waals surface area contributed by atoms with Gasteiger partial charge in [0.1, 0.15) is 11.8 Å². The van der Waals surface area contributed by atoms with Crippen molar-refractivity contribution in [3.63, 3.8) is 0 Å². The third-order valence-corrected chi connectivity index (χ3v) is 6.30. The summed E-state index contributed by atoms with van der Waals surface area (Å²) in [5, 5.41) is 13.3. The number of nitriles is 1. The second kappa shape index (κ2) is 8.74. The fraction of sp³-hybridized carbons (Fsp3) is 0.360. The summed E-state index contributed by atoms with van der Waals surface area (Å²) in [6, 6.07) is 14.5. The molecule has 0 saturated heterocycles. The average molecular weight is 451 g/mol. The molecule has 1 heterocycles. The van der Waals surface area contributed by atoms with E-state index in [4.69, 9.17) is 4.74 Å². The van der Waals surface area contributed by atoms with Crippen molar-refractivity contribution in [2.45, 2.75) is 44.8 Å². The van der Waals surface area contributed by atoms with Crippen molar-refractivity contribution in [1.29, 1.82) is 5.26 Å². The van der Waals surface area contributed by atoms with Crippen LogP contribution >= 0.6 is 0 Å². The lowest BCUT2D eigenvalue weighted by Gasteiger charge is -2.30. The molecule has 0 radical (unpaired) electrons. The lowest BCUT2D eigenvalue weighted by Crippen LogP contribution is -2.18. The first kappa shape index (κ1) is 21.3. The van der Waals surface area contributed by atoms with Crippen LogP contribution < -0.4 is 10.1 Å². The summed E-state index contributed by atoms with van der Waals surface area (Å²) in [5.41, 5.74) is 3.38.